The van der Waals surface area contributed by atoms with Crippen LogP contribution in [-0.4, -0.2) is 20.0 Å². The molecular formula is C5H10N2O. The van der Waals surface area contributed by atoms with E-state index in [0.29, 0.717) is 12.5 Å². The molecule has 3 nitrogen and oxygen atoms in total. The minimum absolute atomic E-state index is 0.374. The lowest BCUT2D eigenvalue weighted by Gasteiger charge is -2.00. The quantitative estimate of drug-likeness (QED) is 0.314. The number of ether oxygens (including phenoxy) is 1. The van der Waals surface area contributed by atoms with Crippen LogP contribution >= 0.6 is 0 Å². The van der Waals surface area contributed by atoms with Gasteiger partial charge in [-0.15, -0.1) is 0 Å². The number of hydrogen-bond donors (Lipinski definition) is 2. The molecule has 0 aromatic carbocycles. The summed E-state index contributed by atoms with van der Waals surface area (Å²) in [6.07, 6.45) is 1.07. The van der Waals surface area contributed by atoms with Crippen molar-refractivity contribution in [2.75, 3.05) is 13.8 Å². The first-order chi connectivity index (χ1) is 3.81. The molecule has 0 saturated heterocycles. The van der Waals surface area contributed by atoms with E-state index in [0.717, 1.165) is 6.21 Å². The SMILES string of the molecule is C=C(C=N)OCNC. The van der Waals surface area contributed by atoms with Gasteiger partial charge in [0, 0.05) is 0 Å². The molecule has 0 aliphatic heterocycles. The van der Waals surface area contributed by atoms with E-state index in [1.807, 2.05) is 0 Å². The van der Waals surface area contributed by atoms with Gasteiger partial charge in [0.25, 0.3) is 0 Å². The summed E-state index contributed by atoms with van der Waals surface area (Å²) in [5.74, 6) is 0.374. The average Bonchev–Trinajstić information content (AvgIpc) is 1.83. The van der Waals surface area contributed by atoms with Gasteiger partial charge in [-0.05, 0) is 7.05 Å². The molecule has 0 bridgehead atoms. The van der Waals surface area contributed by atoms with Crippen molar-refractivity contribution < 1.29 is 4.74 Å². The lowest BCUT2D eigenvalue weighted by atomic mass is 10.6. The molecule has 0 aliphatic carbocycles. The van der Waals surface area contributed by atoms with E-state index in [2.05, 4.69) is 11.9 Å². The Balaban J connectivity index is 3.11. The zero-order chi connectivity index (χ0) is 6.41. The van der Waals surface area contributed by atoms with Crippen molar-refractivity contribution in [3.63, 3.8) is 0 Å². The Morgan fingerprint density at radius 2 is 2.62 bits per heavy atom. The maximum atomic E-state index is 6.61. The molecule has 0 atom stereocenters. The summed E-state index contributed by atoms with van der Waals surface area (Å²) in [5.41, 5.74) is 0. The first-order valence-corrected chi connectivity index (χ1v) is 2.28. The average molecular weight is 114 g/mol. The van der Waals surface area contributed by atoms with Gasteiger partial charge >= 0.3 is 0 Å². The monoisotopic (exact) mass is 114 g/mol. The van der Waals surface area contributed by atoms with E-state index in [4.69, 9.17) is 10.1 Å². The first kappa shape index (κ1) is 7.17. The topological polar surface area (TPSA) is 45.1 Å². The van der Waals surface area contributed by atoms with Crippen molar-refractivity contribution in [2.24, 2.45) is 0 Å². The Bertz CT molecular complexity index is 90.4. The third-order valence-corrected chi connectivity index (χ3v) is 0.563. The van der Waals surface area contributed by atoms with Crippen molar-refractivity contribution in [1.82, 2.24) is 5.32 Å². The van der Waals surface area contributed by atoms with E-state index < -0.39 is 0 Å². The zero-order valence-electron chi connectivity index (χ0n) is 4.90. The molecule has 0 aromatic heterocycles. The van der Waals surface area contributed by atoms with Crippen LogP contribution in [0.2, 0.25) is 0 Å². The Labute approximate surface area is 48.9 Å². The molecule has 0 fully saturated rings. The zero-order valence-corrected chi connectivity index (χ0v) is 4.90. The molecule has 8 heavy (non-hydrogen) atoms. The Kier molecular flexibility index (Phi) is 3.88. The minimum Gasteiger partial charge on any atom is -0.477 e. The van der Waals surface area contributed by atoms with Gasteiger partial charge in [0.05, 0.1) is 6.21 Å². The van der Waals surface area contributed by atoms with Crippen LogP contribution in [0.3, 0.4) is 0 Å². The second-order valence-corrected chi connectivity index (χ2v) is 1.25. The standard InChI is InChI=1S/C5H10N2O/c1-5(3-6)8-4-7-2/h3,6-7H,1,4H2,2H3. The molecule has 0 spiro atoms. The molecule has 0 unspecified atom stereocenters. The van der Waals surface area contributed by atoms with E-state index in [-0.39, 0.29) is 0 Å². The van der Waals surface area contributed by atoms with Gasteiger partial charge in [0.15, 0.2) is 0 Å². The fourth-order valence-electron chi connectivity index (χ4n) is 0.207. The highest BCUT2D eigenvalue weighted by Crippen LogP contribution is 1.82. The van der Waals surface area contributed by atoms with Crippen molar-refractivity contribution in [2.45, 2.75) is 0 Å². The van der Waals surface area contributed by atoms with E-state index in [1.54, 1.807) is 7.05 Å². The molecule has 0 rings (SSSR count). The summed E-state index contributed by atoms with van der Waals surface area (Å²) in [6, 6.07) is 0. The molecule has 0 saturated carbocycles. The van der Waals surface area contributed by atoms with E-state index in [1.165, 1.54) is 0 Å². The summed E-state index contributed by atoms with van der Waals surface area (Å²) >= 11 is 0. The van der Waals surface area contributed by atoms with Crippen molar-refractivity contribution >= 4 is 6.21 Å². The molecule has 0 amide bonds. The number of allylic oxidation sites excluding steroid dienone is 1. The van der Waals surface area contributed by atoms with Crippen molar-refractivity contribution in [3.8, 4) is 0 Å². The third-order valence-electron chi connectivity index (χ3n) is 0.563. The number of nitrogens with one attached hydrogen (secondary N) is 2. The van der Waals surface area contributed by atoms with Gasteiger partial charge in [0.2, 0.25) is 0 Å². The number of hydrogen-bond acceptors (Lipinski definition) is 3. The summed E-state index contributed by atoms with van der Waals surface area (Å²) in [6.45, 7) is 3.82. The predicted octanol–water partition coefficient (Wildman–Crippen LogP) is 0.343. The summed E-state index contributed by atoms with van der Waals surface area (Å²) in [4.78, 5) is 0. The van der Waals surface area contributed by atoms with Crippen LogP contribution in [0.1, 0.15) is 0 Å². The molecule has 0 radical (unpaired) electrons. The highest BCUT2D eigenvalue weighted by molar-refractivity contribution is 5.71. The van der Waals surface area contributed by atoms with Crippen molar-refractivity contribution in [3.05, 3.63) is 12.3 Å². The third kappa shape index (κ3) is 3.36. The van der Waals surface area contributed by atoms with Gasteiger partial charge in [-0.1, -0.05) is 6.58 Å². The maximum absolute atomic E-state index is 6.61. The lowest BCUT2D eigenvalue weighted by molar-refractivity contribution is 0.216. The van der Waals surface area contributed by atoms with Gasteiger partial charge in [-0.2, -0.15) is 0 Å². The van der Waals surface area contributed by atoms with Crippen LogP contribution in [0.4, 0.5) is 0 Å². The molecule has 46 valence electrons. The fourth-order valence-corrected chi connectivity index (χ4v) is 0.207. The smallest absolute Gasteiger partial charge is 0.139 e. The normalized spacial score (nSPS) is 8.12. The van der Waals surface area contributed by atoms with Crippen LogP contribution in [0.5, 0.6) is 0 Å². The minimum atomic E-state index is 0.374. The van der Waals surface area contributed by atoms with Gasteiger partial charge in [-0.25, -0.2) is 0 Å². The van der Waals surface area contributed by atoms with Gasteiger partial charge in [-0.3, -0.25) is 5.32 Å². The molecule has 0 aromatic rings. The summed E-state index contributed by atoms with van der Waals surface area (Å²) in [5, 5.41) is 9.36. The maximum Gasteiger partial charge on any atom is 0.139 e. The lowest BCUT2D eigenvalue weighted by Crippen LogP contribution is -2.10. The number of rotatable bonds is 4. The Morgan fingerprint density at radius 1 is 2.00 bits per heavy atom. The predicted molar refractivity (Wildman–Crippen MR) is 32.9 cm³/mol. The Morgan fingerprint density at radius 3 is 3.00 bits per heavy atom. The van der Waals surface area contributed by atoms with E-state index >= 15 is 0 Å². The van der Waals surface area contributed by atoms with Gasteiger partial charge < -0.3 is 10.1 Å². The van der Waals surface area contributed by atoms with E-state index in [9.17, 15) is 0 Å². The van der Waals surface area contributed by atoms with Gasteiger partial charge in [0.1, 0.15) is 12.5 Å². The van der Waals surface area contributed by atoms with Crippen LogP contribution in [0.15, 0.2) is 12.3 Å². The molecular weight excluding hydrogens is 104 g/mol. The highest BCUT2D eigenvalue weighted by Gasteiger charge is 1.82. The second-order valence-electron chi connectivity index (χ2n) is 1.25. The molecule has 0 heterocycles. The molecule has 2 N–H and O–H groups in total. The summed E-state index contributed by atoms with van der Waals surface area (Å²) < 4.78 is 4.79. The largest absolute Gasteiger partial charge is 0.477 e. The molecule has 3 heteroatoms. The van der Waals surface area contributed by atoms with Crippen LogP contribution < -0.4 is 5.32 Å². The highest BCUT2D eigenvalue weighted by atomic mass is 16.5. The Hall–Kier alpha value is -0.830. The van der Waals surface area contributed by atoms with Crippen LogP contribution in [-0.2, 0) is 4.74 Å². The fraction of sp³-hybridized carbons (Fsp3) is 0.400. The molecule has 0 aliphatic rings. The van der Waals surface area contributed by atoms with Crippen molar-refractivity contribution in [1.29, 1.82) is 5.41 Å². The van der Waals surface area contributed by atoms with Crippen LogP contribution in [0, 0.1) is 5.41 Å². The van der Waals surface area contributed by atoms with Crippen LogP contribution in [0.25, 0.3) is 0 Å². The summed E-state index contributed by atoms with van der Waals surface area (Å²) in [7, 11) is 1.76. The second kappa shape index (κ2) is 4.33. The first-order valence-electron chi connectivity index (χ1n) is 2.28.